The number of unbranched alkanes of at least 4 members (excludes halogenated alkanes) is 1. The second-order valence-electron chi connectivity index (χ2n) is 5.02. The van der Waals surface area contributed by atoms with Crippen molar-refractivity contribution in [3.8, 4) is 0 Å². The van der Waals surface area contributed by atoms with Crippen LogP contribution in [0.4, 0.5) is 0 Å². The first-order valence-electron chi connectivity index (χ1n) is 6.57. The highest BCUT2D eigenvalue weighted by atomic mass is 16.4. The van der Waals surface area contributed by atoms with Gasteiger partial charge in [0.1, 0.15) is 6.04 Å². The van der Waals surface area contributed by atoms with Crippen molar-refractivity contribution in [3.63, 3.8) is 0 Å². The molecule has 5 nitrogen and oxygen atoms in total. The quantitative estimate of drug-likeness (QED) is 0.628. The van der Waals surface area contributed by atoms with Gasteiger partial charge in [0.2, 0.25) is 0 Å². The summed E-state index contributed by atoms with van der Waals surface area (Å²) in [6, 6.07) is -0.573. The first-order chi connectivity index (χ1) is 8.38. The normalized spacial score (nSPS) is 12.9. The number of carboxylic acids is 2. The van der Waals surface area contributed by atoms with Gasteiger partial charge in [0, 0.05) is 6.54 Å². The Morgan fingerprint density at radius 1 is 1.17 bits per heavy atom. The summed E-state index contributed by atoms with van der Waals surface area (Å²) in [6.07, 6.45) is 2.41. The summed E-state index contributed by atoms with van der Waals surface area (Å²) in [7, 11) is 0. The molecule has 0 aromatic heterocycles. The van der Waals surface area contributed by atoms with E-state index in [0.29, 0.717) is 19.5 Å². The van der Waals surface area contributed by atoms with E-state index >= 15 is 0 Å². The Bertz CT molecular complexity index is 266. The molecule has 0 bridgehead atoms. The van der Waals surface area contributed by atoms with Crippen LogP contribution in [0.25, 0.3) is 0 Å². The summed E-state index contributed by atoms with van der Waals surface area (Å²) < 4.78 is 0. The third-order valence-corrected chi connectivity index (χ3v) is 2.83. The van der Waals surface area contributed by atoms with Crippen LogP contribution in [0.3, 0.4) is 0 Å². The highest BCUT2D eigenvalue weighted by molar-refractivity contribution is 5.73. The summed E-state index contributed by atoms with van der Waals surface area (Å²) in [5.74, 6) is -1.46. The van der Waals surface area contributed by atoms with Gasteiger partial charge in [0.05, 0.1) is 6.42 Å². The Balaban J connectivity index is 4.62. The van der Waals surface area contributed by atoms with Crippen molar-refractivity contribution in [2.24, 2.45) is 5.92 Å². The predicted octanol–water partition coefficient (Wildman–Crippen LogP) is 2.06. The van der Waals surface area contributed by atoms with Crippen LogP contribution < -0.4 is 0 Å². The fourth-order valence-corrected chi connectivity index (χ4v) is 1.88. The van der Waals surface area contributed by atoms with Crippen LogP contribution in [0.2, 0.25) is 0 Å². The van der Waals surface area contributed by atoms with Crippen molar-refractivity contribution in [2.75, 3.05) is 13.1 Å². The van der Waals surface area contributed by atoms with Crippen molar-refractivity contribution in [1.82, 2.24) is 4.90 Å². The number of nitrogens with zero attached hydrogens (tertiary/aromatic N) is 1. The molecule has 0 heterocycles. The standard InChI is InChI=1S/C13H25NO4/c1-4-5-7-14(8-6-12(15)16)11(13(17)18)9-10(2)3/h10-11H,4-9H2,1-3H3,(H,15,16)(H,17,18). The summed E-state index contributed by atoms with van der Waals surface area (Å²) in [6.45, 7) is 6.94. The van der Waals surface area contributed by atoms with Gasteiger partial charge in [-0.2, -0.15) is 0 Å². The van der Waals surface area contributed by atoms with Gasteiger partial charge in [-0.25, -0.2) is 0 Å². The van der Waals surface area contributed by atoms with Gasteiger partial charge in [-0.05, 0) is 25.3 Å². The fourth-order valence-electron chi connectivity index (χ4n) is 1.88. The molecule has 106 valence electrons. The molecule has 0 amide bonds. The highest BCUT2D eigenvalue weighted by Crippen LogP contribution is 2.13. The third-order valence-electron chi connectivity index (χ3n) is 2.83. The van der Waals surface area contributed by atoms with E-state index in [2.05, 4.69) is 0 Å². The van der Waals surface area contributed by atoms with E-state index < -0.39 is 18.0 Å². The van der Waals surface area contributed by atoms with Gasteiger partial charge in [0.15, 0.2) is 0 Å². The van der Waals surface area contributed by atoms with Crippen LogP contribution in [-0.4, -0.2) is 46.2 Å². The summed E-state index contributed by atoms with van der Waals surface area (Å²) >= 11 is 0. The van der Waals surface area contributed by atoms with Gasteiger partial charge in [-0.3, -0.25) is 14.5 Å². The molecule has 0 aromatic carbocycles. The maximum Gasteiger partial charge on any atom is 0.320 e. The molecule has 1 atom stereocenters. The Labute approximate surface area is 109 Å². The van der Waals surface area contributed by atoms with E-state index in [0.717, 1.165) is 12.8 Å². The van der Waals surface area contributed by atoms with Crippen LogP contribution in [0.5, 0.6) is 0 Å². The smallest absolute Gasteiger partial charge is 0.320 e. The second-order valence-corrected chi connectivity index (χ2v) is 5.02. The molecule has 5 heteroatoms. The fraction of sp³-hybridized carbons (Fsp3) is 0.846. The minimum absolute atomic E-state index is 0.00834. The zero-order valence-electron chi connectivity index (χ0n) is 11.6. The van der Waals surface area contributed by atoms with Crippen molar-refractivity contribution >= 4 is 11.9 Å². The molecule has 2 N–H and O–H groups in total. The van der Waals surface area contributed by atoms with E-state index in [1.165, 1.54) is 0 Å². The zero-order valence-corrected chi connectivity index (χ0v) is 11.6. The maximum absolute atomic E-state index is 11.3. The van der Waals surface area contributed by atoms with Gasteiger partial charge in [0.25, 0.3) is 0 Å². The first-order valence-corrected chi connectivity index (χ1v) is 6.57. The minimum atomic E-state index is -0.884. The average Bonchev–Trinajstić information content (AvgIpc) is 2.26. The number of hydrogen-bond acceptors (Lipinski definition) is 3. The second kappa shape index (κ2) is 8.91. The van der Waals surface area contributed by atoms with E-state index in [1.807, 2.05) is 20.8 Å². The minimum Gasteiger partial charge on any atom is -0.481 e. The summed E-state index contributed by atoms with van der Waals surface area (Å²) in [4.78, 5) is 23.7. The molecule has 0 saturated carbocycles. The molecule has 0 aromatic rings. The summed E-state index contributed by atoms with van der Waals surface area (Å²) in [5, 5.41) is 18.0. The van der Waals surface area contributed by atoms with Crippen LogP contribution in [-0.2, 0) is 9.59 Å². The van der Waals surface area contributed by atoms with Crippen molar-refractivity contribution in [3.05, 3.63) is 0 Å². The SMILES string of the molecule is CCCCN(CCC(=O)O)C(CC(C)C)C(=O)O. The molecule has 0 fully saturated rings. The Hall–Kier alpha value is -1.10. The molecule has 0 aliphatic rings. The summed E-state index contributed by atoms with van der Waals surface area (Å²) in [5.41, 5.74) is 0. The van der Waals surface area contributed by atoms with Crippen LogP contribution in [0.1, 0.15) is 46.5 Å². The number of rotatable bonds is 10. The monoisotopic (exact) mass is 259 g/mol. The Morgan fingerprint density at radius 3 is 2.17 bits per heavy atom. The topological polar surface area (TPSA) is 77.8 Å². The number of aliphatic carboxylic acids is 2. The van der Waals surface area contributed by atoms with Gasteiger partial charge in [-0.15, -0.1) is 0 Å². The molecule has 0 aliphatic heterocycles. The maximum atomic E-state index is 11.3. The van der Waals surface area contributed by atoms with Gasteiger partial charge < -0.3 is 10.2 Å². The van der Waals surface area contributed by atoms with Crippen molar-refractivity contribution < 1.29 is 19.8 Å². The van der Waals surface area contributed by atoms with Crippen molar-refractivity contribution in [1.29, 1.82) is 0 Å². The molecule has 0 radical (unpaired) electrons. The number of hydrogen-bond donors (Lipinski definition) is 2. The largest absolute Gasteiger partial charge is 0.481 e. The van der Waals surface area contributed by atoms with E-state index in [1.54, 1.807) is 4.90 Å². The van der Waals surface area contributed by atoms with Crippen LogP contribution in [0.15, 0.2) is 0 Å². The number of carbonyl (C=O) groups is 2. The highest BCUT2D eigenvalue weighted by Gasteiger charge is 2.26. The zero-order chi connectivity index (χ0) is 14.1. The first kappa shape index (κ1) is 16.9. The van der Waals surface area contributed by atoms with E-state index in [4.69, 9.17) is 5.11 Å². The van der Waals surface area contributed by atoms with Crippen molar-refractivity contribution in [2.45, 2.75) is 52.5 Å². The van der Waals surface area contributed by atoms with Gasteiger partial charge >= 0.3 is 11.9 Å². The lowest BCUT2D eigenvalue weighted by atomic mass is 10.0. The Morgan fingerprint density at radius 2 is 1.78 bits per heavy atom. The lowest BCUT2D eigenvalue weighted by Crippen LogP contribution is -2.43. The Kier molecular flexibility index (Phi) is 8.37. The van der Waals surface area contributed by atoms with Crippen LogP contribution in [0, 0.1) is 5.92 Å². The third kappa shape index (κ3) is 7.27. The molecule has 1 unspecified atom stereocenters. The molecular formula is C13H25NO4. The molecular weight excluding hydrogens is 234 g/mol. The molecule has 18 heavy (non-hydrogen) atoms. The van der Waals surface area contributed by atoms with E-state index in [-0.39, 0.29) is 12.3 Å². The average molecular weight is 259 g/mol. The molecule has 0 aliphatic carbocycles. The molecule has 0 saturated heterocycles. The predicted molar refractivity (Wildman–Crippen MR) is 69.6 cm³/mol. The lowest BCUT2D eigenvalue weighted by molar-refractivity contribution is -0.145. The van der Waals surface area contributed by atoms with Gasteiger partial charge in [-0.1, -0.05) is 27.2 Å². The van der Waals surface area contributed by atoms with E-state index in [9.17, 15) is 14.7 Å². The molecule has 0 spiro atoms. The number of carboxylic acid groups (broad SMARTS) is 2. The van der Waals surface area contributed by atoms with Crippen LogP contribution >= 0.6 is 0 Å². The molecule has 0 rings (SSSR count). The lowest BCUT2D eigenvalue weighted by Gasteiger charge is -2.29.